The van der Waals surface area contributed by atoms with Crippen LogP contribution in [0.25, 0.3) is 0 Å². The zero-order valence-electron chi connectivity index (χ0n) is 7.88. The number of hydrogen-bond acceptors (Lipinski definition) is 3. The molecule has 0 spiro atoms. The van der Waals surface area contributed by atoms with Crippen molar-refractivity contribution < 1.29 is 9.53 Å². The van der Waals surface area contributed by atoms with E-state index in [-0.39, 0.29) is 22.8 Å². The van der Waals surface area contributed by atoms with E-state index in [2.05, 4.69) is 0 Å². The van der Waals surface area contributed by atoms with Gasteiger partial charge in [-0.1, -0.05) is 23.2 Å². The average Bonchev–Trinajstić information content (AvgIpc) is 2.16. The minimum Gasteiger partial charge on any atom is -0.462 e. The van der Waals surface area contributed by atoms with Gasteiger partial charge in [-0.2, -0.15) is 5.26 Å². The molecule has 0 atom stereocenters. The summed E-state index contributed by atoms with van der Waals surface area (Å²) in [5.74, 6) is -0.615. The molecule has 15 heavy (non-hydrogen) atoms. The molecule has 0 saturated carbocycles. The molecule has 78 valence electrons. The third kappa shape index (κ3) is 2.62. The molecule has 1 rings (SSSR count). The summed E-state index contributed by atoms with van der Waals surface area (Å²) in [5, 5.41) is 9.24. The fourth-order valence-corrected chi connectivity index (χ4v) is 1.64. The topological polar surface area (TPSA) is 50.1 Å². The van der Waals surface area contributed by atoms with Crippen molar-refractivity contribution in [1.29, 1.82) is 5.26 Å². The maximum Gasteiger partial charge on any atom is 0.341 e. The predicted octanol–water partition coefficient (Wildman–Crippen LogP) is 3.04. The van der Waals surface area contributed by atoms with Crippen molar-refractivity contribution in [3.05, 3.63) is 33.3 Å². The third-order valence-electron chi connectivity index (χ3n) is 1.66. The predicted molar refractivity (Wildman–Crippen MR) is 57.1 cm³/mol. The summed E-state index contributed by atoms with van der Waals surface area (Å²) in [6.45, 7) is 1.90. The number of hydrogen-bond donors (Lipinski definition) is 0. The summed E-state index contributed by atoms with van der Waals surface area (Å²) < 4.78 is 4.77. The molecule has 0 aliphatic rings. The van der Waals surface area contributed by atoms with Crippen molar-refractivity contribution in [2.75, 3.05) is 6.61 Å². The molecule has 0 unspecified atom stereocenters. The second-order valence-corrected chi connectivity index (χ2v) is 3.49. The van der Waals surface area contributed by atoms with E-state index in [4.69, 9.17) is 33.2 Å². The second kappa shape index (κ2) is 5.01. The van der Waals surface area contributed by atoms with Crippen LogP contribution in [0.15, 0.2) is 12.1 Å². The van der Waals surface area contributed by atoms with Gasteiger partial charge in [-0.15, -0.1) is 0 Å². The van der Waals surface area contributed by atoms with Gasteiger partial charge in [-0.05, 0) is 19.1 Å². The molecular weight excluding hydrogens is 237 g/mol. The molecule has 1 aromatic carbocycles. The Bertz CT molecular complexity index is 438. The van der Waals surface area contributed by atoms with Crippen molar-refractivity contribution in [2.24, 2.45) is 0 Å². The van der Waals surface area contributed by atoms with E-state index in [0.29, 0.717) is 5.02 Å². The zero-order valence-corrected chi connectivity index (χ0v) is 9.39. The number of carbonyl (C=O) groups is 1. The van der Waals surface area contributed by atoms with Crippen LogP contribution in [0.4, 0.5) is 0 Å². The summed E-state index contributed by atoms with van der Waals surface area (Å²) in [6, 6.07) is 4.62. The maximum atomic E-state index is 11.5. The first kappa shape index (κ1) is 11.8. The van der Waals surface area contributed by atoms with Crippen molar-refractivity contribution in [1.82, 2.24) is 0 Å². The lowest BCUT2D eigenvalue weighted by molar-refractivity contribution is 0.0526. The first-order valence-electron chi connectivity index (χ1n) is 4.16. The molecule has 0 aromatic heterocycles. The van der Waals surface area contributed by atoms with Gasteiger partial charge in [0.2, 0.25) is 0 Å². The van der Waals surface area contributed by atoms with Crippen molar-refractivity contribution in [3.8, 4) is 6.07 Å². The normalized spacial score (nSPS) is 9.47. The molecule has 0 amide bonds. The molecular formula is C10H7Cl2NO2. The van der Waals surface area contributed by atoms with E-state index in [1.807, 2.05) is 6.07 Å². The molecule has 3 nitrogen and oxygen atoms in total. The van der Waals surface area contributed by atoms with Crippen LogP contribution in [-0.4, -0.2) is 12.6 Å². The molecule has 5 heteroatoms. The van der Waals surface area contributed by atoms with E-state index in [9.17, 15) is 4.79 Å². The Morgan fingerprint density at radius 3 is 2.73 bits per heavy atom. The number of halogens is 2. The van der Waals surface area contributed by atoms with E-state index < -0.39 is 5.97 Å². The van der Waals surface area contributed by atoms with Crippen molar-refractivity contribution >= 4 is 29.2 Å². The molecule has 0 aliphatic carbocycles. The van der Waals surface area contributed by atoms with Crippen molar-refractivity contribution in [2.45, 2.75) is 6.92 Å². The quantitative estimate of drug-likeness (QED) is 0.751. The summed E-state index contributed by atoms with van der Waals surface area (Å²) in [6.07, 6.45) is 0. The van der Waals surface area contributed by atoms with Crippen LogP contribution in [0.5, 0.6) is 0 Å². The Morgan fingerprint density at radius 2 is 2.20 bits per heavy atom. The van der Waals surface area contributed by atoms with Crippen LogP contribution in [-0.2, 0) is 4.74 Å². The van der Waals surface area contributed by atoms with Gasteiger partial charge in [-0.25, -0.2) is 4.79 Å². The smallest absolute Gasteiger partial charge is 0.341 e. The van der Waals surface area contributed by atoms with Crippen LogP contribution >= 0.6 is 23.2 Å². The minimum absolute atomic E-state index is 0.0606. The average molecular weight is 244 g/mol. The molecule has 0 saturated heterocycles. The molecule has 0 aliphatic heterocycles. The van der Waals surface area contributed by atoms with Gasteiger partial charge in [-0.3, -0.25) is 0 Å². The maximum absolute atomic E-state index is 11.5. The van der Waals surface area contributed by atoms with Gasteiger partial charge >= 0.3 is 5.97 Å². The molecule has 1 aromatic rings. The van der Waals surface area contributed by atoms with Crippen LogP contribution in [0.3, 0.4) is 0 Å². The number of benzene rings is 1. The minimum atomic E-state index is -0.615. The van der Waals surface area contributed by atoms with Gasteiger partial charge in [0.25, 0.3) is 0 Å². The highest BCUT2D eigenvalue weighted by atomic mass is 35.5. The van der Waals surface area contributed by atoms with E-state index in [1.165, 1.54) is 12.1 Å². The van der Waals surface area contributed by atoms with Gasteiger partial charge in [0.1, 0.15) is 6.07 Å². The lowest BCUT2D eigenvalue weighted by atomic mass is 10.1. The first-order chi connectivity index (χ1) is 7.10. The summed E-state index contributed by atoms with van der Waals surface area (Å²) in [5.41, 5.74) is 0.177. The fourth-order valence-electron chi connectivity index (χ4n) is 1.07. The number of ether oxygens (including phenoxy) is 1. The van der Waals surface area contributed by atoms with Gasteiger partial charge < -0.3 is 4.74 Å². The summed E-state index contributed by atoms with van der Waals surface area (Å²) in [7, 11) is 0. The lowest BCUT2D eigenvalue weighted by Crippen LogP contribution is -2.07. The Hall–Kier alpha value is -1.24. The lowest BCUT2D eigenvalue weighted by Gasteiger charge is -2.06. The molecule has 0 radical (unpaired) electrons. The summed E-state index contributed by atoms with van der Waals surface area (Å²) in [4.78, 5) is 11.5. The Labute approximate surface area is 97.2 Å². The molecule has 0 bridgehead atoms. The SMILES string of the molecule is CCOC(=O)c1c(Cl)cc(Cl)cc1C#N. The van der Waals surface area contributed by atoms with E-state index in [1.54, 1.807) is 6.92 Å². The van der Waals surface area contributed by atoms with E-state index in [0.717, 1.165) is 0 Å². The highest BCUT2D eigenvalue weighted by Gasteiger charge is 2.17. The summed E-state index contributed by atoms with van der Waals surface area (Å²) >= 11 is 11.5. The Morgan fingerprint density at radius 1 is 1.53 bits per heavy atom. The van der Waals surface area contributed by atoms with Crippen LogP contribution < -0.4 is 0 Å². The van der Waals surface area contributed by atoms with Gasteiger partial charge in [0.05, 0.1) is 22.8 Å². The standard InChI is InChI=1S/C10H7Cl2NO2/c1-2-15-10(14)9-6(5-13)3-7(11)4-8(9)12/h3-4H,2H2,1H3. The number of nitriles is 1. The number of rotatable bonds is 2. The number of esters is 1. The number of carbonyl (C=O) groups excluding carboxylic acids is 1. The largest absolute Gasteiger partial charge is 0.462 e. The Kier molecular flexibility index (Phi) is 3.96. The third-order valence-corrected chi connectivity index (χ3v) is 2.17. The highest BCUT2D eigenvalue weighted by molar-refractivity contribution is 6.37. The Balaban J connectivity index is 3.28. The van der Waals surface area contributed by atoms with Crippen LogP contribution in [0.2, 0.25) is 10.0 Å². The van der Waals surface area contributed by atoms with Gasteiger partial charge in [0, 0.05) is 5.02 Å². The fraction of sp³-hybridized carbons (Fsp3) is 0.200. The monoisotopic (exact) mass is 243 g/mol. The van der Waals surface area contributed by atoms with Gasteiger partial charge in [0.15, 0.2) is 0 Å². The van der Waals surface area contributed by atoms with Crippen molar-refractivity contribution in [3.63, 3.8) is 0 Å². The zero-order chi connectivity index (χ0) is 11.4. The number of nitrogens with zero attached hydrogens (tertiary/aromatic N) is 1. The van der Waals surface area contributed by atoms with E-state index >= 15 is 0 Å². The molecule has 0 heterocycles. The van der Waals surface area contributed by atoms with Crippen LogP contribution in [0.1, 0.15) is 22.8 Å². The van der Waals surface area contributed by atoms with Crippen LogP contribution in [0, 0.1) is 11.3 Å². The second-order valence-electron chi connectivity index (χ2n) is 2.64. The molecule has 0 N–H and O–H groups in total. The molecule has 0 fully saturated rings. The first-order valence-corrected chi connectivity index (χ1v) is 4.92. The highest BCUT2D eigenvalue weighted by Crippen LogP contribution is 2.25.